The lowest BCUT2D eigenvalue weighted by Crippen LogP contribution is -2.27. The second-order valence-corrected chi connectivity index (χ2v) is 8.18. The van der Waals surface area contributed by atoms with Crippen LogP contribution in [0.4, 0.5) is 10.5 Å². The Balaban J connectivity index is 1.99. The molecule has 5 heteroatoms. The molecule has 1 aliphatic heterocycles. The van der Waals surface area contributed by atoms with Crippen molar-refractivity contribution in [3.63, 3.8) is 0 Å². The van der Waals surface area contributed by atoms with E-state index in [1.165, 1.54) is 4.90 Å². The molecule has 1 aromatic heterocycles. The Labute approximate surface area is 152 Å². The number of aromatic nitrogens is 1. The van der Waals surface area contributed by atoms with Crippen molar-refractivity contribution in [1.29, 1.82) is 0 Å². The number of rotatable bonds is 2. The summed E-state index contributed by atoms with van der Waals surface area (Å²) in [7, 11) is 0. The van der Waals surface area contributed by atoms with Gasteiger partial charge in [0, 0.05) is 16.9 Å². The van der Waals surface area contributed by atoms with Crippen LogP contribution >= 0.6 is 11.8 Å². The van der Waals surface area contributed by atoms with Crippen LogP contribution in [-0.4, -0.2) is 15.7 Å². The van der Waals surface area contributed by atoms with Gasteiger partial charge in [-0.05, 0) is 76.2 Å². The Morgan fingerprint density at radius 3 is 2.24 bits per heavy atom. The summed E-state index contributed by atoms with van der Waals surface area (Å²) in [4.78, 5) is 26.8. The average molecular weight is 354 g/mol. The van der Waals surface area contributed by atoms with E-state index in [2.05, 4.69) is 38.3 Å². The fourth-order valence-electron chi connectivity index (χ4n) is 3.37. The van der Waals surface area contributed by atoms with E-state index in [-0.39, 0.29) is 16.7 Å². The zero-order valence-corrected chi connectivity index (χ0v) is 16.0. The van der Waals surface area contributed by atoms with Gasteiger partial charge in [0.25, 0.3) is 11.1 Å². The molecule has 0 saturated carbocycles. The van der Waals surface area contributed by atoms with Gasteiger partial charge in [-0.15, -0.1) is 0 Å². The quantitative estimate of drug-likeness (QED) is 0.705. The molecular formula is C20H22N2O2S. The van der Waals surface area contributed by atoms with Gasteiger partial charge in [0.15, 0.2) is 0 Å². The number of amides is 2. The zero-order valence-electron chi connectivity index (χ0n) is 15.2. The van der Waals surface area contributed by atoms with Gasteiger partial charge in [-0.1, -0.05) is 18.2 Å². The molecule has 1 fully saturated rings. The maximum atomic E-state index is 12.7. The summed E-state index contributed by atoms with van der Waals surface area (Å²) in [6.07, 6.45) is 1.83. The van der Waals surface area contributed by atoms with Crippen LogP contribution < -0.4 is 4.90 Å². The SMILES string of the molecule is Cc1cc(/C=C2/SC(=O)N(c3ccccc3)C2=O)c(C)n1C(C)(C)C. The maximum Gasteiger partial charge on any atom is 0.298 e. The molecule has 25 heavy (non-hydrogen) atoms. The highest BCUT2D eigenvalue weighted by Crippen LogP contribution is 2.36. The van der Waals surface area contributed by atoms with Crippen LogP contribution in [0.1, 0.15) is 37.7 Å². The van der Waals surface area contributed by atoms with E-state index in [1.54, 1.807) is 12.1 Å². The van der Waals surface area contributed by atoms with Crippen LogP contribution in [0.25, 0.3) is 6.08 Å². The second kappa shape index (κ2) is 6.23. The Morgan fingerprint density at radius 1 is 1.04 bits per heavy atom. The number of thioether (sulfide) groups is 1. The van der Waals surface area contributed by atoms with Gasteiger partial charge in [0.2, 0.25) is 0 Å². The third kappa shape index (κ3) is 3.16. The third-order valence-corrected chi connectivity index (χ3v) is 5.11. The molecule has 4 nitrogen and oxygen atoms in total. The van der Waals surface area contributed by atoms with Crippen LogP contribution in [0.3, 0.4) is 0 Å². The standard InChI is InChI=1S/C20H22N2O2S/c1-13-11-15(14(2)22(13)20(3,4)5)12-17-18(23)21(19(24)25-17)16-9-7-6-8-10-16/h6-12H,1-5H3/b17-12+. The van der Waals surface area contributed by atoms with E-state index < -0.39 is 0 Å². The lowest BCUT2D eigenvalue weighted by molar-refractivity contribution is -0.113. The van der Waals surface area contributed by atoms with Crippen LogP contribution in [0.2, 0.25) is 0 Å². The fourth-order valence-corrected chi connectivity index (χ4v) is 4.21. The van der Waals surface area contributed by atoms with E-state index in [0.29, 0.717) is 10.6 Å². The summed E-state index contributed by atoms with van der Waals surface area (Å²) in [5.41, 5.74) is 3.78. The monoisotopic (exact) mass is 354 g/mol. The number of hydrogen-bond donors (Lipinski definition) is 0. The largest absolute Gasteiger partial charge is 0.343 e. The van der Waals surface area contributed by atoms with Crippen LogP contribution in [0.5, 0.6) is 0 Å². The minimum atomic E-state index is -0.262. The summed E-state index contributed by atoms with van der Waals surface area (Å²) >= 11 is 0.992. The Bertz CT molecular complexity index is 873. The van der Waals surface area contributed by atoms with E-state index in [9.17, 15) is 9.59 Å². The molecule has 0 spiro atoms. The van der Waals surface area contributed by atoms with Crippen molar-refractivity contribution in [1.82, 2.24) is 4.57 Å². The lowest BCUT2D eigenvalue weighted by Gasteiger charge is -2.25. The first-order chi connectivity index (χ1) is 11.7. The molecule has 0 aliphatic carbocycles. The van der Waals surface area contributed by atoms with E-state index in [1.807, 2.05) is 31.2 Å². The average Bonchev–Trinajstić information content (AvgIpc) is 2.96. The van der Waals surface area contributed by atoms with Crippen molar-refractivity contribution >= 4 is 34.7 Å². The normalized spacial score (nSPS) is 17.0. The van der Waals surface area contributed by atoms with Crippen LogP contribution in [0.15, 0.2) is 41.3 Å². The number of carbonyl (C=O) groups is 2. The van der Waals surface area contributed by atoms with E-state index in [0.717, 1.165) is 28.7 Å². The first-order valence-electron chi connectivity index (χ1n) is 8.22. The predicted octanol–water partition coefficient (Wildman–Crippen LogP) is 5.10. The lowest BCUT2D eigenvalue weighted by atomic mass is 10.1. The summed E-state index contributed by atoms with van der Waals surface area (Å²) < 4.78 is 2.25. The number of carbonyl (C=O) groups excluding carboxylic acids is 2. The molecule has 0 atom stereocenters. The van der Waals surface area contributed by atoms with E-state index >= 15 is 0 Å². The van der Waals surface area contributed by atoms with Gasteiger partial charge in [0.05, 0.1) is 10.6 Å². The Morgan fingerprint density at radius 2 is 1.68 bits per heavy atom. The minimum Gasteiger partial charge on any atom is -0.343 e. The number of aryl methyl sites for hydroxylation is 1. The van der Waals surface area contributed by atoms with Crippen molar-refractivity contribution in [2.75, 3.05) is 4.90 Å². The van der Waals surface area contributed by atoms with Crippen LogP contribution in [0, 0.1) is 13.8 Å². The number of para-hydroxylation sites is 1. The molecule has 1 saturated heterocycles. The highest BCUT2D eigenvalue weighted by atomic mass is 32.2. The number of imide groups is 1. The first-order valence-corrected chi connectivity index (χ1v) is 9.04. The van der Waals surface area contributed by atoms with Gasteiger partial charge in [-0.2, -0.15) is 0 Å². The highest BCUT2D eigenvalue weighted by molar-refractivity contribution is 8.19. The van der Waals surface area contributed by atoms with Crippen molar-refractivity contribution in [2.24, 2.45) is 0 Å². The molecule has 1 aromatic carbocycles. The molecule has 130 valence electrons. The summed E-state index contributed by atoms with van der Waals surface area (Å²) in [5, 5.41) is -0.257. The van der Waals surface area contributed by atoms with Gasteiger partial charge in [0.1, 0.15) is 0 Å². The highest BCUT2D eigenvalue weighted by Gasteiger charge is 2.36. The van der Waals surface area contributed by atoms with Gasteiger partial charge >= 0.3 is 0 Å². The molecule has 2 amide bonds. The Kier molecular flexibility index (Phi) is 4.37. The number of benzene rings is 1. The maximum absolute atomic E-state index is 12.7. The molecule has 0 unspecified atom stereocenters. The minimum absolute atomic E-state index is 0.0381. The van der Waals surface area contributed by atoms with Crippen molar-refractivity contribution < 1.29 is 9.59 Å². The third-order valence-electron chi connectivity index (χ3n) is 4.24. The van der Waals surface area contributed by atoms with Gasteiger partial charge < -0.3 is 4.57 Å². The molecule has 2 heterocycles. The molecule has 0 N–H and O–H groups in total. The number of anilines is 1. The Hall–Kier alpha value is -2.27. The smallest absolute Gasteiger partial charge is 0.298 e. The summed E-state index contributed by atoms with van der Waals surface area (Å²) in [6, 6.07) is 11.1. The van der Waals surface area contributed by atoms with Crippen molar-refractivity contribution in [3.8, 4) is 0 Å². The summed E-state index contributed by atoms with van der Waals surface area (Å²) in [6.45, 7) is 10.6. The van der Waals surface area contributed by atoms with Crippen molar-refractivity contribution in [2.45, 2.75) is 40.2 Å². The van der Waals surface area contributed by atoms with E-state index in [4.69, 9.17) is 0 Å². The predicted molar refractivity (Wildman–Crippen MR) is 104 cm³/mol. The number of hydrogen-bond acceptors (Lipinski definition) is 3. The first kappa shape index (κ1) is 17.5. The van der Waals surface area contributed by atoms with Gasteiger partial charge in [-0.3, -0.25) is 9.59 Å². The molecule has 3 rings (SSSR count). The number of nitrogens with zero attached hydrogens (tertiary/aromatic N) is 2. The topological polar surface area (TPSA) is 42.3 Å². The van der Waals surface area contributed by atoms with Crippen molar-refractivity contribution in [3.05, 3.63) is 58.3 Å². The zero-order chi connectivity index (χ0) is 18.4. The fraction of sp³-hybridized carbons (Fsp3) is 0.300. The summed E-state index contributed by atoms with van der Waals surface area (Å²) in [5.74, 6) is -0.262. The van der Waals surface area contributed by atoms with Gasteiger partial charge in [-0.25, -0.2) is 4.90 Å². The molecular weight excluding hydrogens is 332 g/mol. The van der Waals surface area contributed by atoms with Crippen LogP contribution in [-0.2, 0) is 10.3 Å². The second-order valence-electron chi connectivity index (χ2n) is 7.19. The molecule has 1 aliphatic rings. The molecule has 0 radical (unpaired) electrons. The molecule has 2 aromatic rings. The molecule has 0 bridgehead atoms.